The highest BCUT2D eigenvalue weighted by Crippen LogP contribution is 2.05. The van der Waals surface area contributed by atoms with E-state index < -0.39 is 0 Å². The molecule has 0 bridgehead atoms. The summed E-state index contributed by atoms with van der Waals surface area (Å²) in [6.07, 6.45) is 3.82. The summed E-state index contributed by atoms with van der Waals surface area (Å²) in [6.45, 7) is 15.2. The summed E-state index contributed by atoms with van der Waals surface area (Å²) in [4.78, 5) is 10.2. The third kappa shape index (κ3) is 10.9. The van der Waals surface area contributed by atoms with E-state index in [1.165, 1.54) is 6.42 Å². The zero-order chi connectivity index (χ0) is 10.9. The van der Waals surface area contributed by atoms with Gasteiger partial charge in [-0.05, 0) is 19.4 Å². The molecule has 1 heteroatoms. The Kier molecular flexibility index (Phi) is 9.96. The van der Waals surface area contributed by atoms with Crippen molar-refractivity contribution in [3.05, 3.63) is 36.0 Å². The van der Waals surface area contributed by atoms with E-state index in [-0.39, 0.29) is 0 Å². The van der Waals surface area contributed by atoms with Crippen molar-refractivity contribution in [3.8, 4) is 0 Å². The van der Waals surface area contributed by atoms with Gasteiger partial charge >= 0.3 is 0 Å². The molecule has 0 aliphatic rings. The summed E-state index contributed by atoms with van der Waals surface area (Å²) in [5.41, 5.74) is 2.33. The maximum absolute atomic E-state index is 10.2. The molecule has 0 rings (SSSR count). The number of rotatable bonds is 3. The van der Waals surface area contributed by atoms with E-state index in [0.717, 1.165) is 17.4 Å². The Hall–Kier alpha value is -1.11. The molecule has 0 atom stereocenters. The van der Waals surface area contributed by atoms with Gasteiger partial charge in [0.05, 0.1) is 0 Å². The molecule has 74 valence electrons. The first-order valence-corrected chi connectivity index (χ1v) is 4.47. The number of hydrogen-bond acceptors (Lipinski definition) is 1. The summed E-state index contributed by atoms with van der Waals surface area (Å²) >= 11 is 0. The largest absolute Gasteiger partial charge is 0.298 e. The molecule has 0 heterocycles. The van der Waals surface area contributed by atoms with Gasteiger partial charge in [-0.1, -0.05) is 45.1 Å². The van der Waals surface area contributed by atoms with E-state index in [4.69, 9.17) is 0 Å². The molecule has 0 aliphatic carbocycles. The van der Waals surface area contributed by atoms with E-state index in [9.17, 15) is 4.79 Å². The van der Waals surface area contributed by atoms with Crippen LogP contribution in [0.3, 0.4) is 0 Å². The Balaban J connectivity index is 0. The molecule has 0 aromatic rings. The lowest BCUT2D eigenvalue weighted by Crippen LogP contribution is -1.83. The van der Waals surface area contributed by atoms with Crippen LogP contribution in [0.5, 0.6) is 0 Å². The smallest absolute Gasteiger partial charge is 0.149 e. The van der Waals surface area contributed by atoms with Gasteiger partial charge in [0.15, 0.2) is 0 Å². The average molecular weight is 180 g/mol. The molecule has 0 spiro atoms. The molecule has 0 radical (unpaired) electrons. The van der Waals surface area contributed by atoms with Crippen LogP contribution in [-0.2, 0) is 4.79 Å². The summed E-state index contributed by atoms with van der Waals surface area (Å²) in [5, 5.41) is 0. The average Bonchev–Trinajstić information content (AvgIpc) is 2.03. The number of carbonyl (C=O) groups excluding carboxylic acids is 1. The van der Waals surface area contributed by atoms with E-state index in [1.54, 1.807) is 0 Å². The van der Waals surface area contributed by atoms with Gasteiger partial charge in [0, 0.05) is 5.57 Å². The molecule has 13 heavy (non-hydrogen) atoms. The first kappa shape index (κ1) is 14.4. The molecule has 1 nitrogen and oxygen atoms in total. The second-order valence-electron chi connectivity index (χ2n) is 3.02. The Bertz CT molecular complexity index is 209. The van der Waals surface area contributed by atoms with Crippen LogP contribution in [0, 0.1) is 0 Å². The Morgan fingerprint density at radius 3 is 1.85 bits per heavy atom. The highest BCUT2D eigenvalue weighted by atomic mass is 16.1. The third-order valence-corrected chi connectivity index (χ3v) is 1.11. The van der Waals surface area contributed by atoms with Crippen LogP contribution in [0.4, 0.5) is 0 Å². The van der Waals surface area contributed by atoms with Crippen molar-refractivity contribution in [3.63, 3.8) is 0 Å². The molecule has 0 saturated heterocycles. The van der Waals surface area contributed by atoms with Crippen LogP contribution < -0.4 is 0 Å². The van der Waals surface area contributed by atoms with Crippen LogP contribution in [0.25, 0.3) is 0 Å². The minimum atomic E-state index is 0.517. The highest BCUT2D eigenvalue weighted by Gasteiger charge is 1.92. The minimum Gasteiger partial charge on any atom is -0.298 e. The quantitative estimate of drug-likeness (QED) is 0.368. The predicted octanol–water partition coefficient (Wildman–Crippen LogP) is 3.68. The molecule has 0 saturated carbocycles. The topological polar surface area (TPSA) is 17.1 Å². The van der Waals surface area contributed by atoms with Crippen LogP contribution >= 0.6 is 0 Å². The van der Waals surface area contributed by atoms with Gasteiger partial charge in [-0.2, -0.15) is 0 Å². The molecular weight excluding hydrogens is 160 g/mol. The van der Waals surface area contributed by atoms with Gasteiger partial charge in [0.2, 0.25) is 0 Å². The first-order chi connectivity index (χ1) is 5.99. The van der Waals surface area contributed by atoms with E-state index >= 15 is 0 Å². The van der Waals surface area contributed by atoms with E-state index in [1.807, 2.05) is 19.9 Å². The molecule has 0 aromatic heterocycles. The monoisotopic (exact) mass is 180 g/mol. The molecule has 0 aromatic carbocycles. The van der Waals surface area contributed by atoms with Crippen LogP contribution in [0.1, 0.15) is 34.1 Å². The van der Waals surface area contributed by atoms with Gasteiger partial charge in [0.25, 0.3) is 0 Å². The van der Waals surface area contributed by atoms with Gasteiger partial charge in [0.1, 0.15) is 6.29 Å². The normalized spacial score (nSPS) is 9.69. The van der Waals surface area contributed by atoms with Gasteiger partial charge in [-0.15, -0.1) is 0 Å². The number of aldehydes is 1. The number of hydrogen-bond donors (Lipinski definition) is 0. The number of allylic oxidation sites excluding steroid dienone is 4. The van der Waals surface area contributed by atoms with Crippen molar-refractivity contribution in [1.82, 2.24) is 0 Å². The van der Waals surface area contributed by atoms with E-state index in [0.29, 0.717) is 5.57 Å². The van der Waals surface area contributed by atoms with Crippen molar-refractivity contribution in [1.29, 1.82) is 0 Å². The molecule has 0 N–H and O–H groups in total. The SMILES string of the molecule is C=C(C)/C=C(/C)C(=C)C=O.CCC. The van der Waals surface area contributed by atoms with Gasteiger partial charge < -0.3 is 0 Å². The van der Waals surface area contributed by atoms with Gasteiger partial charge in [-0.3, -0.25) is 4.79 Å². The zero-order valence-electron chi connectivity index (χ0n) is 9.18. The molecular formula is C12H20O. The third-order valence-electron chi connectivity index (χ3n) is 1.11. The fourth-order valence-electron chi connectivity index (χ4n) is 0.555. The maximum Gasteiger partial charge on any atom is 0.149 e. The lowest BCUT2D eigenvalue weighted by atomic mass is 10.1. The maximum atomic E-state index is 10.2. The fraction of sp³-hybridized carbons (Fsp3) is 0.417. The lowest BCUT2D eigenvalue weighted by Gasteiger charge is -1.95. The van der Waals surface area contributed by atoms with Crippen LogP contribution in [0.2, 0.25) is 0 Å². The Morgan fingerprint density at radius 2 is 1.62 bits per heavy atom. The molecule has 0 amide bonds. The van der Waals surface area contributed by atoms with Crippen molar-refractivity contribution >= 4 is 6.29 Å². The predicted molar refractivity (Wildman–Crippen MR) is 59.7 cm³/mol. The fourth-order valence-corrected chi connectivity index (χ4v) is 0.555. The molecule has 0 unspecified atom stereocenters. The Labute approximate surface area is 81.9 Å². The van der Waals surface area contributed by atoms with Crippen molar-refractivity contribution in [2.24, 2.45) is 0 Å². The molecule has 0 aliphatic heterocycles. The summed E-state index contributed by atoms with van der Waals surface area (Å²) in [7, 11) is 0. The zero-order valence-corrected chi connectivity index (χ0v) is 9.18. The van der Waals surface area contributed by atoms with Crippen molar-refractivity contribution < 1.29 is 4.79 Å². The highest BCUT2D eigenvalue weighted by molar-refractivity contribution is 5.78. The van der Waals surface area contributed by atoms with Crippen molar-refractivity contribution in [2.45, 2.75) is 34.1 Å². The lowest BCUT2D eigenvalue weighted by molar-refractivity contribution is -0.104. The van der Waals surface area contributed by atoms with E-state index in [2.05, 4.69) is 27.0 Å². The molecule has 0 fully saturated rings. The van der Waals surface area contributed by atoms with Crippen LogP contribution in [-0.4, -0.2) is 6.29 Å². The minimum absolute atomic E-state index is 0.517. The van der Waals surface area contributed by atoms with Crippen molar-refractivity contribution in [2.75, 3.05) is 0 Å². The Morgan fingerprint density at radius 1 is 1.23 bits per heavy atom. The van der Waals surface area contributed by atoms with Crippen LogP contribution in [0.15, 0.2) is 36.0 Å². The van der Waals surface area contributed by atoms with Gasteiger partial charge in [-0.25, -0.2) is 0 Å². The first-order valence-electron chi connectivity index (χ1n) is 4.47. The summed E-state index contributed by atoms with van der Waals surface area (Å²) < 4.78 is 0. The second kappa shape index (κ2) is 8.98. The summed E-state index contributed by atoms with van der Waals surface area (Å²) in [6, 6.07) is 0. The summed E-state index contributed by atoms with van der Waals surface area (Å²) in [5.74, 6) is 0. The number of carbonyl (C=O) groups is 1. The standard InChI is InChI=1S/C9H12O.C3H8/c1-7(2)5-8(3)9(4)6-10;1-3-2/h5-6H,1,4H2,2-3H3;3H2,1-2H3/b8-5-;. The second-order valence-corrected chi connectivity index (χ2v) is 3.02.